The van der Waals surface area contributed by atoms with Crippen molar-refractivity contribution < 1.29 is 33.8 Å². The van der Waals surface area contributed by atoms with Gasteiger partial charge in [0.25, 0.3) is 0 Å². The number of anilines is 1. The number of thiazole rings is 1. The predicted molar refractivity (Wildman–Crippen MR) is 245 cm³/mol. The minimum Gasteiger partial charge on any atom is -0.494 e. The second kappa shape index (κ2) is 22.1. The lowest BCUT2D eigenvalue weighted by atomic mass is 9.85. The van der Waals surface area contributed by atoms with Crippen LogP contribution in [0.2, 0.25) is 0 Å². The number of unbranched alkanes of at least 4 members (excludes halogenated alkanes) is 6. The molecule has 2 aliphatic heterocycles. The van der Waals surface area contributed by atoms with E-state index in [0.29, 0.717) is 26.1 Å². The number of aryl methyl sites for hydroxylation is 1. The fourth-order valence-electron chi connectivity index (χ4n) is 7.94. The van der Waals surface area contributed by atoms with Crippen molar-refractivity contribution in [3.05, 3.63) is 65.3 Å². The largest absolute Gasteiger partial charge is 0.494 e. The molecule has 3 aromatic rings. The number of amides is 4. The molecule has 3 heterocycles. The van der Waals surface area contributed by atoms with Gasteiger partial charge in [0.05, 0.1) is 34.8 Å². The maximum absolute atomic E-state index is 14.0. The lowest BCUT2D eigenvalue weighted by molar-refractivity contribution is -0.144. The summed E-state index contributed by atoms with van der Waals surface area (Å²) in [4.78, 5) is 64.1. The van der Waals surface area contributed by atoms with Gasteiger partial charge in [-0.1, -0.05) is 77.1 Å². The van der Waals surface area contributed by atoms with Gasteiger partial charge < -0.3 is 39.9 Å². The predicted octanol–water partition coefficient (Wildman–Crippen LogP) is 8.05. The number of nitrogens with one attached hydrogen (secondary N) is 2. The minimum absolute atomic E-state index is 0.0365. The highest BCUT2D eigenvalue weighted by atomic mass is 32.1. The SMILES string of the molecule is Cc1ncsc1-c1ccc([C@H](C)NC(=O)[C@@H]2C[C@@H](O)CN2C(=O)[C@H](NC(=O)CCCCCCCCCOc2ccc(N3CCN(C(=O)OC(C)(C)C)CC3)cc2)C(C)(C)C)cc1. The maximum atomic E-state index is 14.0. The smallest absolute Gasteiger partial charge is 0.410 e. The fraction of sp³-hybridized carbons (Fsp3) is 0.604. The van der Waals surface area contributed by atoms with Gasteiger partial charge >= 0.3 is 6.09 Å². The summed E-state index contributed by atoms with van der Waals surface area (Å²) in [6.07, 6.45) is 6.27. The molecule has 3 N–H and O–H groups in total. The molecule has 0 unspecified atom stereocenters. The summed E-state index contributed by atoms with van der Waals surface area (Å²) in [6, 6.07) is 14.2. The first-order valence-electron chi connectivity index (χ1n) is 22.4. The van der Waals surface area contributed by atoms with Gasteiger partial charge in [0.1, 0.15) is 23.4 Å². The summed E-state index contributed by atoms with van der Waals surface area (Å²) in [7, 11) is 0. The third-order valence-electron chi connectivity index (χ3n) is 11.5. The van der Waals surface area contributed by atoms with E-state index in [4.69, 9.17) is 9.47 Å². The van der Waals surface area contributed by atoms with Crippen molar-refractivity contribution in [2.75, 3.05) is 44.2 Å². The average Bonchev–Trinajstić information content (AvgIpc) is 3.84. The van der Waals surface area contributed by atoms with E-state index in [1.54, 1.807) is 16.2 Å². The van der Waals surface area contributed by atoms with Crippen LogP contribution in [0.25, 0.3) is 10.4 Å². The summed E-state index contributed by atoms with van der Waals surface area (Å²) in [5, 5.41) is 16.7. The van der Waals surface area contributed by atoms with Crippen LogP contribution in [0.15, 0.2) is 54.0 Å². The van der Waals surface area contributed by atoms with Crippen molar-refractivity contribution >= 4 is 40.8 Å². The molecule has 4 atom stereocenters. The third-order valence-corrected chi connectivity index (χ3v) is 12.5. The topological polar surface area (TPSA) is 154 Å². The number of rotatable bonds is 18. The van der Waals surface area contributed by atoms with Crippen LogP contribution in [0.3, 0.4) is 0 Å². The van der Waals surface area contributed by atoms with Crippen molar-refractivity contribution in [1.82, 2.24) is 25.4 Å². The number of carbonyl (C=O) groups is 4. The van der Waals surface area contributed by atoms with Gasteiger partial charge in [-0.25, -0.2) is 9.78 Å². The second-order valence-electron chi connectivity index (χ2n) is 18.9. The van der Waals surface area contributed by atoms with Gasteiger partial charge in [-0.3, -0.25) is 14.4 Å². The third kappa shape index (κ3) is 14.2. The van der Waals surface area contributed by atoms with Crippen LogP contribution in [-0.2, 0) is 19.1 Å². The van der Waals surface area contributed by atoms with Gasteiger partial charge in [0.2, 0.25) is 17.7 Å². The highest BCUT2D eigenvalue weighted by molar-refractivity contribution is 7.13. The Morgan fingerprint density at radius 2 is 1.48 bits per heavy atom. The molecule has 2 aliphatic rings. The molecule has 14 heteroatoms. The van der Waals surface area contributed by atoms with Crippen LogP contribution in [0.5, 0.6) is 5.75 Å². The van der Waals surface area contributed by atoms with E-state index >= 15 is 0 Å². The first-order valence-corrected chi connectivity index (χ1v) is 23.3. The fourth-order valence-corrected chi connectivity index (χ4v) is 8.75. The Kier molecular flexibility index (Phi) is 17.2. The summed E-state index contributed by atoms with van der Waals surface area (Å²) in [5.74, 6) is -0.0148. The van der Waals surface area contributed by atoms with E-state index in [-0.39, 0.29) is 42.8 Å². The van der Waals surface area contributed by atoms with Crippen molar-refractivity contribution in [3.63, 3.8) is 0 Å². The monoisotopic (exact) mass is 875 g/mol. The molecule has 2 fully saturated rings. The summed E-state index contributed by atoms with van der Waals surface area (Å²) < 4.78 is 11.5. The van der Waals surface area contributed by atoms with Crippen molar-refractivity contribution in [2.24, 2.45) is 5.41 Å². The zero-order chi connectivity index (χ0) is 45.0. The molecular weight excluding hydrogens is 805 g/mol. The summed E-state index contributed by atoms with van der Waals surface area (Å²) in [6.45, 7) is 18.7. The molecule has 0 saturated carbocycles. The van der Waals surface area contributed by atoms with Crippen LogP contribution in [-0.4, -0.2) is 107 Å². The number of nitrogens with zero attached hydrogens (tertiary/aromatic N) is 4. The van der Waals surface area contributed by atoms with Gasteiger partial charge in [0.15, 0.2) is 0 Å². The van der Waals surface area contributed by atoms with Gasteiger partial charge in [-0.05, 0) is 88.3 Å². The highest BCUT2D eigenvalue weighted by Gasteiger charge is 2.44. The highest BCUT2D eigenvalue weighted by Crippen LogP contribution is 2.30. The molecule has 0 aliphatic carbocycles. The quantitative estimate of drug-likeness (QED) is 0.108. The molecular formula is C48H70N6O7S. The van der Waals surface area contributed by atoms with Crippen LogP contribution < -0.4 is 20.3 Å². The first kappa shape index (κ1) is 48.3. The Morgan fingerprint density at radius 3 is 2.08 bits per heavy atom. The number of β-amino-alcohol motifs (C(OH)–C–C–N with tert-alkyl or cyclic N) is 1. The van der Waals surface area contributed by atoms with Crippen LogP contribution in [0.4, 0.5) is 10.5 Å². The Morgan fingerprint density at radius 1 is 0.855 bits per heavy atom. The Labute approximate surface area is 372 Å². The van der Waals surface area contributed by atoms with Crippen LogP contribution in [0, 0.1) is 12.3 Å². The molecule has 62 heavy (non-hydrogen) atoms. The number of aromatic nitrogens is 1. The number of benzene rings is 2. The van der Waals surface area contributed by atoms with E-state index < -0.39 is 29.2 Å². The first-order chi connectivity index (χ1) is 29.4. The van der Waals surface area contributed by atoms with E-state index in [0.717, 1.165) is 91.2 Å². The molecule has 0 bridgehead atoms. The molecule has 0 radical (unpaired) electrons. The molecule has 4 amide bonds. The lowest BCUT2D eigenvalue weighted by Crippen LogP contribution is -2.57. The minimum atomic E-state index is -0.843. The van der Waals surface area contributed by atoms with Gasteiger partial charge in [0, 0.05) is 51.3 Å². The molecule has 2 saturated heterocycles. The Bertz CT molecular complexity index is 1910. The number of hydrogen-bond acceptors (Lipinski definition) is 10. The average molecular weight is 875 g/mol. The van der Waals surface area contributed by atoms with Crippen molar-refractivity contribution in [1.29, 1.82) is 0 Å². The van der Waals surface area contributed by atoms with E-state index in [1.807, 2.05) is 97.3 Å². The molecule has 340 valence electrons. The number of aliphatic hydroxyl groups excluding tert-OH is 1. The zero-order valence-electron chi connectivity index (χ0n) is 38.2. The number of likely N-dealkylation sites (tertiary alicyclic amines) is 1. The van der Waals surface area contributed by atoms with Gasteiger partial charge in [-0.15, -0.1) is 11.3 Å². The molecule has 5 rings (SSSR count). The van der Waals surface area contributed by atoms with E-state index in [2.05, 4.69) is 32.7 Å². The maximum Gasteiger partial charge on any atom is 0.410 e. The number of carbonyl (C=O) groups excluding carboxylic acids is 4. The normalized spacial score (nSPS) is 18.0. The molecule has 0 spiro atoms. The van der Waals surface area contributed by atoms with Crippen molar-refractivity contribution in [2.45, 2.75) is 143 Å². The standard InChI is InChI=1S/C48H70N6O7S/c1-33(35-17-19-36(20-18-35)42-34(2)49-32-62-42)50-44(57)40-30-38(55)31-54(40)45(58)43(47(3,4)5)51-41(56)16-14-12-10-9-11-13-15-29-60-39-23-21-37(22-24-39)52-25-27-53(28-26-52)46(59)61-48(6,7)8/h17-24,32-33,38,40,43,55H,9-16,25-31H2,1-8H3,(H,50,57)(H,51,56)/t33-,38+,40-,43-/m0/s1. The van der Waals surface area contributed by atoms with Gasteiger partial charge in [-0.2, -0.15) is 0 Å². The van der Waals surface area contributed by atoms with Crippen molar-refractivity contribution in [3.8, 4) is 16.2 Å². The zero-order valence-corrected chi connectivity index (χ0v) is 39.0. The Balaban J connectivity index is 0.959. The summed E-state index contributed by atoms with van der Waals surface area (Å²) >= 11 is 1.59. The number of piperazine rings is 1. The second-order valence-corrected chi connectivity index (χ2v) is 19.8. The lowest BCUT2D eigenvalue weighted by Gasteiger charge is -2.36. The number of hydrogen-bond donors (Lipinski definition) is 3. The number of ether oxygens (including phenoxy) is 2. The van der Waals surface area contributed by atoms with Crippen LogP contribution in [0.1, 0.15) is 124 Å². The van der Waals surface area contributed by atoms with Crippen LogP contribution >= 0.6 is 11.3 Å². The van der Waals surface area contributed by atoms with E-state index in [9.17, 15) is 24.3 Å². The molecule has 1 aromatic heterocycles. The Hall–Kier alpha value is -4.69. The molecule has 13 nitrogen and oxygen atoms in total. The number of aliphatic hydroxyl groups is 1. The van der Waals surface area contributed by atoms with E-state index in [1.165, 1.54) is 4.90 Å². The molecule has 2 aromatic carbocycles. The summed E-state index contributed by atoms with van der Waals surface area (Å²) in [5.41, 5.74) is 4.81.